The smallest absolute Gasteiger partial charge is 0.261 e. The second kappa shape index (κ2) is 8.31. The summed E-state index contributed by atoms with van der Waals surface area (Å²) in [5.41, 5.74) is 0.886. The predicted octanol–water partition coefficient (Wildman–Crippen LogP) is 4.39. The molecule has 0 heterocycles. The van der Waals surface area contributed by atoms with Gasteiger partial charge in [0.1, 0.15) is 5.75 Å². The van der Waals surface area contributed by atoms with Gasteiger partial charge in [0, 0.05) is 11.6 Å². The van der Waals surface area contributed by atoms with Gasteiger partial charge in [-0.05, 0) is 72.1 Å². The molecule has 0 saturated heterocycles. The molecule has 0 aromatic heterocycles. The van der Waals surface area contributed by atoms with Crippen LogP contribution in [0.1, 0.15) is 26.2 Å². The van der Waals surface area contributed by atoms with Gasteiger partial charge in [-0.15, -0.1) is 0 Å². The van der Waals surface area contributed by atoms with Crippen molar-refractivity contribution in [1.29, 1.82) is 0 Å². The molecule has 2 N–H and O–H groups in total. The molecule has 0 bridgehead atoms. The Hall–Kier alpha value is -2.06. The van der Waals surface area contributed by atoms with Gasteiger partial charge in [0.15, 0.2) is 0 Å². The van der Waals surface area contributed by atoms with E-state index in [1.54, 1.807) is 30.3 Å². The third-order valence-corrected chi connectivity index (χ3v) is 6.37. The van der Waals surface area contributed by atoms with Gasteiger partial charge in [-0.3, -0.25) is 9.52 Å². The molecule has 144 valence electrons. The second-order valence-corrected chi connectivity index (χ2v) is 8.87. The molecule has 0 atom stereocenters. The number of anilines is 2. The molecular weight excluding hydrogens is 432 g/mol. The fourth-order valence-electron chi connectivity index (χ4n) is 2.71. The third-order valence-electron chi connectivity index (χ3n) is 4.37. The monoisotopic (exact) mass is 452 g/mol. The minimum atomic E-state index is -3.79. The van der Waals surface area contributed by atoms with Crippen LogP contribution < -0.4 is 14.8 Å². The number of amides is 1. The Balaban J connectivity index is 1.75. The number of benzene rings is 2. The van der Waals surface area contributed by atoms with Crippen molar-refractivity contribution in [1.82, 2.24) is 0 Å². The van der Waals surface area contributed by atoms with E-state index in [1.807, 2.05) is 6.92 Å². The lowest BCUT2D eigenvalue weighted by Crippen LogP contribution is -2.28. The van der Waals surface area contributed by atoms with Crippen molar-refractivity contribution >= 4 is 43.2 Å². The Morgan fingerprint density at radius 1 is 1.19 bits per heavy atom. The molecule has 1 fully saturated rings. The first kappa shape index (κ1) is 19.7. The lowest BCUT2D eigenvalue weighted by Gasteiger charge is -2.24. The van der Waals surface area contributed by atoms with Crippen LogP contribution in [0, 0.1) is 5.92 Å². The first-order chi connectivity index (χ1) is 12.9. The van der Waals surface area contributed by atoms with Crippen molar-refractivity contribution in [3.05, 3.63) is 46.9 Å². The lowest BCUT2D eigenvalue weighted by atomic mass is 9.85. The maximum atomic E-state index is 12.7. The molecule has 0 unspecified atom stereocenters. The number of ether oxygens (including phenoxy) is 1. The van der Waals surface area contributed by atoms with E-state index in [4.69, 9.17) is 4.74 Å². The zero-order valence-electron chi connectivity index (χ0n) is 14.9. The summed E-state index contributed by atoms with van der Waals surface area (Å²) in [7, 11) is -3.79. The van der Waals surface area contributed by atoms with E-state index in [0.717, 1.165) is 19.3 Å². The minimum Gasteiger partial charge on any atom is -0.493 e. The molecule has 2 aromatic carbocycles. The summed E-state index contributed by atoms with van der Waals surface area (Å²) in [5.74, 6) is 0.616. The maximum absolute atomic E-state index is 12.7. The fourth-order valence-corrected chi connectivity index (χ4v) is 4.29. The van der Waals surface area contributed by atoms with Gasteiger partial charge >= 0.3 is 0 Å². The maximum Gasteiger partial charge on any atom is 0.261 e. The summed E-state index contributed by atoms with van der Waals surface area (Å²) in [6.45, 7) is 2.39. The fraction of sp³-hybridized carbons (Fsp3) is 0.316. The first-order valence-corrected chi connectivity index (χ1v) is 11.0. The van der Waals surface area contributed by atoms with Crippen LogP contribution in [0.15, 0.2) is 51.8 Å². The number of nitrogens with one attached hydrogen (secondary N) is 2. The zero-order chi connectivity index (χ0) is 19.4. The number of hydrogen-bond donors (Lipinski definition) is 2. The van der Waals surface area contributed by atoms with Crippen molar-refractivity contribution < 1.29 is 17.9 Å². The highest BCUT2D eigenvalue weighted by Crippen LogP contribution is 2.30. The number of carbonyl (C=O) groups is 1. The average Bonchev–Trinajstić information content (AvgIpc) is 2.56. The van der Waals surface area contributed by atoms with Gasteiger partial charge in [0.2, 0.25) is 5.91 Å². The van der Waals surface area contributed by atoms with Gasteiger partial charge < -0.3 is 10.1 Å². The Bertz CT molecular complexity index is 942. The topological polar surface area (TPSA) is 84.5 Å². The lowest BCUT2D eigenvalue weighted by molar-refractivity contribution is -0.122. The van der Waals surface area contributed by atoms with E-state index in [-0.39, 0.29) is 16.7 Å². The molecule has 1 aliphatic carbocycles. The number of halogens is 1. The molecule has 1 amide bonds. The number of hydrogen-bond acceptors (Lipinski definition) is 4. The highest BCUT2D eigenvalue weighted by Gasteiger charge is 2.25. The van der Waals surface area contributed by atoms with Gasteiger partial charge in [0.05, 0.1) is 21.7 Å². The molecule has 1 aliphatic rings. The van der Waals surface area contributed by atoms with E-state index in [2.05, 4.69) is 26.0 Å². The summed E-state index contributed by atoms with van der Waals surface area (Å²) in [4.78, 5) is 12.2. The minimum absolute atomic E-state index is 0.0320. The standard InChI is InChI=1S/C19H21BrN2O4S/c1-2-26-18-10-9-15(12-17(18)20)22-27(24,25)16-8-4-7-14(11-16)21-19(23)13-5-3-6-13/h4,7-13,22H,2-3,5-6H2,1H3,(H,21,23). The van der Waals surface area contributed by atoms with Crippen molar-refractivity contribution in [2.45, 2.75) is 31.1 Å². The largest absolute Gasteiger partial charge is 0.493 e. The number of carbonyl (C=O) groups excluding carboxylic acids is 1. The molecule has 6 nitrogen and oxygen atoms in total. The summed E-state index contributed by atoms with van der Waals surface area (Å²) >= 11 is 3.37. The summed E-state index contributed by atoms with van der Waals surface area (Å²) in [6.07, 6.45) is 2.84. The molecule has 0 spiro atoms. The van der Waals surface area contributed by atoms with Crippen LogP contribution in [-0.2, 0) is 14.8 Å². The van der Waals surface area contributed by atoms with E-state index >= 15 is 0 Å². The number of sulfonamides is 1. The number of rotatable bonds is 7. The van der Waals surface area contributed by atoms with Crippen LogP contribution >= 0.6 is 15.9 Å². The molecule has 1 saturated carbocycles. The van der Waals surface area contributed by atoms with Gasteiger partial charge in [-0.25, -0.2) is 8.42 Å². The van der Waals surface area contributed by atoms with Crippen LogP contribution in [0.2, 0.25) is 0 Å². The van der Waals surface area contributed by atoms with Crippen LogP contribution in [-0.4, -0.2) is 20.9 Å². The van der Waals surface area contributed by atoms with Crippen LogP contribution in [0.25, 0.3) is 0 Å². The van der Waals surface area contributed by atoms with Crippen molar-refractivity contribution in [3.8, 4) is 5.75 Å². The Kier molecular flexibility index (Phi) is 6.06. The highest BCUT2D eigenvalue weighted by molar-refractivity contribution is 9.10. The third kappa shape index (κ3) is 4.81. The second-order valence-electron chi connectivity index (χ2n) is 6.33. The quantitative estimate of drug-likeness (QED) is 0.652. The van der Waals surface area contributed by atoms with E-state index in [0.29, 0.717) is 28.2 Å². The Morgan fingerprint density at radius 2 is 1.96 bits per heavy atom. The average molecular weight is 453 g/mol. The highest BCUT2D eigenvalue weighted by atomic mass is 79.9. The van der Waals surface area contributed by atoms with Crippen molar-refractivity contribution in [2.24, 2.45) is 5.92 Å². The molecule has 0 aliphatic heterocycles. The van der Waals surface area contributed by atoms with E-state index < -0.39 is 10.0 Å². The van der Waals surface area contributed by atoms with Crippen LogP contribution in [0.3, 0.4) is 0 Å². The molecule has 27 heavy (non-hydrogen) atoms. The van der Waals surface area contributed by atoms with E-state index in [9.17, 15) is 13.2 Å². The van der Waals surface area contributed by atoms with Gasteiger partial charge in [-0.1, -0.05) is 12.5 Å². The predicted molar refractivity (Wildman–Crippen MR) is 109 cm³/mol. The van der Waals surface area contributed by atoms with Crippen molar-refractivity contribution in [2.75, 3.05) is 16.6 Å². The summed E-state index contributed by atoms with van der Waals surface area (Å²) in [5, 5.41) is 2.80. The Labute approximate surface area is 167 Å². The molecule has 3 rings (SSSR count). The van der Waals surface area contributed by atoms with Crippen LogP contribution in [0.4, 0.5) is 11.4 Å². The SMILES string of the molecule is CCOc1ccc(NS(=O)(=O)c2cccc(NC(=O)C3CCC3)c2)cc1Br. The van der Waals surface area contributed by atoms with Gasteiger partial charge in [0.25, 0.3) is 10.0 Å². The molecule has 8 heteroatoms. The first-order valence-electron chi connectivity index (χ1n) is 8.75. The van der Waals surface area contributed by atoms with Crippen LogP contribution in [0.5, 0.6) is 5.75 Å². The molecule has 2 aromatic rings. The van der Waals surface area contributed by atoms with Gasteiger partial charge in [-0.2, -0.15) is 0 Å². The zero-order valence-corrected chi connectivity index (χ0v) is 17.3. The van der Waals surface area contributed by atoms with E-state index in [1.165, 1.54) is 12.1 Å². The van der Waals surface area contributed by atoms with Crippen molar-refractivity contribution in [3.63, 3.8) is 0 Å². The summed E-state index contributed by atoms with van der Waals surface area (Å²) in [6, 6.07) is 11.2. The molecule has 0 radical (unpaired) electrons. The molecular formula is C19H21BrN2O4S. The summed E-state index contributed by atoms with van der Waals surface area (Å²) < 4.78 is 34.0. The normalized spacial score (nSPS) is 14.3. The Morgan fingerprint density at radius 3 is 2.59 bits per heavy atom.